The highest BCUT2D eigenvalue weighted by molar-refractivity contribution is 7.86. The van der Waals surface area contributed by atoms with E-state index in [-0.39, 0.29) is 36.8 Å². The van der Waals surface area contributed by atoms with E-state index in [4.69, 9.17) is 16.3 Å². The smallest absolute Gasteiger partial charge is 0.379 e. The number of piperazine rings is 1. The van der Waals surface area contributed by atoms with Crippen LogP contribution in [0.1, 0.15) is 11.1 Å². The van der Waals surface area contributed by atoms with Crippen LogP contribution < -0.4 is 0 Å². The van der Waals surface area contributed by atoms with Crippen molar-refractivity contribution in [3.8, 4) is 0 Å². The molecule has 0 spiro atoms. The molecular weight excluding hydrogens is 447 g/mol. The molecule has 0 aliphatic carbocycles. The Morgan fingerprint density at radius 3 is 2.23 bits per heavy atom. The first-order chi connectivity index (χ1) is 14.1. The third-order valence-corrected chi connectivity index (χ3v) is 7.28. The maximum absolute atomic E-state index is 12.9. The third-order valence-electron chi connectivity index (χ3n) is 4.90. The second-order valence-corrected chi connectivity index (χ2v) is 9.15. The summed E-state index contributed by atoms with van der Waals surface area (Å²) in [6.07, 6.45) is -2.14. The largest absolute Gasteiger partial charge is 0.416 e. The molecule has 1 amide bonds. The van der Waals surface area contributed by atoms with E-state index in [1.54, 1.807) is 0 Å². The number of rotatable bonds is 4. The van der Waals surface area contributed by atoms with Crippen molar-refractivity contribution in [2.45, 2.75) is 6.18 Å². The monoisotopic (exact) mass is 467 g/mol. The molecule has 30 heavy (non-hydrogen) atoms. The molecule has 0 atom stereocenters. The summed E-state index contributed by atoms with van der Waals surface area (Å²) in [6, 6.07) is 2.87. The van der Waals surface area contributed by atoms with Crippen molar-refractivity contribution in [2.24, 2.45) is 0 Å². The summed E-state index contributed by atoms with van der Waals surface area (Å²) in [5.74, 6) is -0.424. The minimum absolute atomic E-state index is 0.0772. The molecule has 2 fully saturated rings. The molecular formula is C18H21ClF3N3O4S. The number of benzene rings is 1. The lowest BCUT2D eigenvalue weighted by molar-refractivity contribution is -0.137. The normalized spacial score (nSPS) is 20.1. The highest BCUT2D eigenvalue weighted by Crippen LogP contribution is 2.32. The molecule has 3 rings (SSSR count). The van der Waals surface area contributed by atoms with Crippen molar-refractivity contribution >= 4 is 33.8 Å². The molecule has 0 saturated carbocycles. The van der Waals surface area contributed by atoms with Crippen LogP contribution in [0.3, 0.4) is 0 Å². The van der Waals surface area contributed by atoms with Gasteiger partial charge >= 0.3 is 6.18 Å². The fraction of sp³-hybridized carbons (Fsp3) is 0.500. The number of carbonyl (C=O) groups excluding carboxylic acids is 1. The summed E-state index contributed by atoms with van der Waals surface area (Å²) in [7, 11) is -3.61. The minimum Gasteiger partial charge on any atom is -0.379 e. The van der Waals surface area contributed by atoms with E-state index in [9.17, 15) is 26.4 Å². The number of hydrogen-bond donors (Lipinski definition) is 0. The first-order valence-corrected chi connectivity index (χ1v) is 11.0. The Hall–Kier alpha value is -1.66. The van der Waals surface area contributed by atoms with Gasteiger partial charge in [-0.3, -0.25) is 4.79 Å². The van der Waals surface area contributed by atoms with E-state index in [0.29, 0.717) is 26.3 Å². The van der Waals surface area contributed by atoms with Gasteiger partial charge in [-0.05, 0) is 29.8 Å². The molecule has 2 heterocycles. The van der Waals surface area contributed by atoms with E-state index in [0.717, 1.165) is 24.3 Å². The summed E-state index contributed by atoms with van der Waals surface area (Å²) in [6.45, 7) is 1.93. The zero-order valence-electron chi connectivity index (χ0n) is 15.9. The summed E-state index contributed by atoms with van der Waals surface area (Å²) in [4.78, 5) is 13.8. The Morgan fingerprint density at radius 2 is 1.63 bits per heavy atom. The van der Waals surface area contributed by atoms with Gasteiger partial charge in [0, 0.05) is 50.4 Å². The van der Waals surface area contributed by atoms with Gasteiger partial charge in [0.1, 0.15) is 0 Å². The zero-order valence-corrected chi connectivity index (χ0v) is 17.5. The molecule has 166 valence electrons. The molecule has 0 aromatic heterocycles. The molecule has 2 saturated heterocycles. The van der Waals surface area contributed by atoms with Crippen LogP contribution in [-0.2, 0) is 25.9 Å². The standard InChI is InChI=1S/C18H21ClF3N3O4S/c19-16-3-2-15(18(20,21)22)13-14(16)1-4-17(26)23-5-7-24(8-6-23)30(27,28)25-9-11-29-12-10-25/h1-4,13H,5-12H2/b4-1+. The van der Waals surface area contributed by atoms with Crippen LogP contribution in [0.5, 0.6) is 0 Å². The Labute approximate surface area is 177 Å². The number of morpholine rings is 1. The quantitative estimate of drug-likeness (QED) is 0.636. The van der Waals surface area contributed by atoms with Crippen LogP contribution in [0.15, 0.2) is 24.3 Å². The molecule has 0 N–H and O–H groups in total. The maximum atomic E-state index is 12.9. The second kappa shape index (κ2) is 9.23. The van der Waals surface area contributed by atoms with Gasteiger partial charge in [-0.25, -0.2) is 0 Å². The molecule has 2 aliphatic rings. The van der Waals surface area contributed by atoms with Crippen molar-refractivity contribution < 1.29 is 31.1 Å². The molecule has 7 nitrogen and oxygen atoms in total. The van der Waals surface area contributed by atoms with E-state index >= 15 is 0 Å². The predicted molar refractivity (Wildman–Crippen MR) is 105 cm³/mol. The predicted octanol–water partition coefficient (Wildman–Crippen LogP) is 2.09. The summed E-state index contributed by atoms with van der Waals surface area (Å²) in [5, 5.41) is 0.0912. The van der Waals surface area contributed by atoms with Crippen LogP contribution in [0, 0.1) is 0 Å². The third kappa shape index (κ3) is 5.33. The highest BCUT2D eigenvalue weighted by Gasteiger charge is 2.34. The number of halogens is 4. The number of nitrogens with zero attached hydrogens (tertiary/aromatic N) is 3. The SMILES string of the molecule is O=C(/C=C/c1cc(C(F)(F)F)ccc1Cl)N1CCN(S(=O)(=O)N2CCOCC2)CC1. The molecule has 0 radical (unpaired) electrons. The first kappa shape index (κ1) is 23.0. The number of ether oxygens (including phenoxy) is 1. The lowest BCUT2D eigenvalue weighted by atomic mass is 10.1. The minimum atomic E-state index is -4.51. The van der Waals surface area contributed by atoms with Crippen LogP contribution >= 0.6 is 11.6 Å². The van der Waals surface area contributed by atoms with Crippen LogP contribution in [0.25, 0.3) is 6.08 Å². The van der Waals surface area contributed by atoms with Crippen LogP contribution in [0.2, 0.25) is 5.02 Å². The van der Waals surface area contributed by atoms with Crippen molar-refractivity contribution in [2.75, 3.05) is 52.5 Å². The number of carbonyl (C=O) groups is 1. The van der Waals surface area contributed by atoms with E-state index in [1.807, 2.05) is 0 Å². The van der Waals surface area contributed by atoms with Crippen molar-refractivity contribution in [3.05, 3.63) is 40.4 Å². The van der Waals surface area contributed by atoms with E-state index in [2.05, 4.69) is 0 Å². The lowest BCUT2D eigenvalue weighted by Gasteiger charge is -2.37. The Kier molecular flexibility index (Phi) is 7.08. The average Bonchev–Trinajstić information content (AvgIpc) is 2.73. The van der Waals surface area contributed by atoms with Gasteiger partial charge in [-0.2, -0.15) is 30.2 Å². The zero-order chi connectivity index (χ0) is 21.9. The Balaban J connectivity index is 1.61. The fourth-order valence-electron chi connectivity index (χ4n) is 3.19. The molecule has 0 bridgehead atoms. The van der Waals surface area contributed by atoms with Gasteiger partial charge in [-0.15, -0.1) is 0 Å². The number of amides is 1. The van der Waals surface area contributed by atoms with Crippen molar-refractivity contribution in [1.29, 1.82) is 0 Å². The summed E-state index contributed by atoms with van der Waals surface area (Å²) >= 11 is 5.93. The summed E-state index contributed by atoms with van der Waals surface area (Å²) < 4.78 is 71.7. The van der Waals surface area contributed by atoms with Crippen molar-refractivity contribution in [3.63, 3.8) is 0 Å². The Morgan fingerprint density at radius 1 is 1.03 bits per heavy atom. The molecule has 1 aromatic carbocycles. The molecule has 2 aliphatic heterocycles. The topological polar surface area (TPSA) is 70.2 Å². The van der Waals surface area contributed by atoms with Crippen molar-refractivity contribution in [1.82, 2.24) is 13.5 Å². The molecule has 1 aromatic rings. The first-order valence-electron chi connectivity index (χ1n) is 9.26. The highest BCUT2D eigenvalue weighted by atomic mass is 35.5. The number of hydrogen-bond acceptors (Lipinski definition) is 4. The van der Waals surface area contributed by atoms with Gasteiger partial charge in [0.15, 0.2) is 0 Å². The lowest BCUT2D eigenvalue weighted by Crippen LogP contribution is -2.55. The van der Waals surface area contributed by atoms with Gasteiger partial charge in [0.25, 0.3) is 10.2 Å². The van der Waals surface area contributed by atoms with E-state index < -0.39 is 27.9 Å². The van der Waals surface area contributed by atoms with Gasteiger partial charge < -0.3 is 9.64 Å². The maximum Gasteiger partial charge on any atom is 0.416 e. The number of alkyl halides is 3. The molecule has 12 heteroatoms. The van der Waals surface area contributed by atoms with Gasteiger partial charge in [0.2, 0.25) is 5.91 Å². The van der Waals surface area contributed by atoms with E-state index in [1.165, 1.54) is 19.6 Å². The van der Waals surface area contributed by atoms with Crippen LogP contribution in [-0.4, -0.2) is 80.3 Å². The fourth-order valence-corrected chi connectivity index (χ4v) is 4.94. The average molecular weight is 468 g/mol. The summed E-state index contributed by atoms with van der Waals surface area (Å²) in [5.41, 5.74) is -0.783. The Bertz CT molecular complexity index is 910. The molecule has 0 unspecified atom stereocenters. The van der Waals surface area contributed by atoms with Gasteiger partial charge in [0.05, 0.1) is 18.8 Å². The van der Waals surface area contributed by atoms with Gasteiger partial charge in [-0.1, -0.05) is 11.6 Å². The second-order valence-electron chi connectivity index (χ2n) is 6.81. The van der Waals surface area contributed by atoms with Crippen LogP contribution in [0.4, 0.5) is 13.2 Å².